The summed E-state index contributed by atoms with van der Waals surface area (Å²) in [5.41, 5.74) is 8.53. The van der Waals surface area contributed by atoms with Crippen molar-refractivity contribution in [2.75, 3.05) is 13.2 Å². The first-order chi connectivity index (χ1) is 10.7. The molecule has 0 aliphatic carbocycles. The van der Waals surface area contributed by atoms with Gasteiger partial charge in [0.25, 0.3) is 0 Å². The Bertz CT molecular complexity index is 551. The molecule has 2 heteroatoms. The number of hydrogen-bond donors (Lipinski definition) is 1. The maximum absolute atomic E-state index is 5.99. The number of hydrogen-bond acceptors (Lipinski definition) is 2. The van der Waals surface area contributed by atoms with E-state index < -0.39 is 0 Å². The normalized spacial score (nSPS) is 12.4. The molecule has 0 fully saturated rings. The van der Waals surface area contributed by atoms with Gasteiger partial charge < -0.3 is 10.5 Å². The molecule has 0 aromatic heterocycles. The largest absolute Gasteiger partial charge is 0.493 e. The molecule has 0 amide bonds. The fraction of sp³-hybridized carbons (Fsp3) is 0.400. The van der Waals surface area contributed by atoms with Crippen molar-refractivity contribution in [3.05, 3.63) is 65.7 Å². The Morgan fingerprint density at radius 3 is 2.32 bits per heavy atom. The van der Waals surface area contributed by atoms with Crippen LogP contribution in [0.5, 0.6) is 5.75 Å². The van der Waals surface area contributed by atoms with E-state index in [-0.39, 0.29) is 0 Å². The van der Waals surface area contributed by atoms with E-state index in [4.69, 9.17) is 10.5 Å². The van der Waals surface area contributed by atoms with Crippen LogP contribution in [0.25, 0.3) is 0 Å². The molecule has 0 bridgehead atoms. The molecule has 2 N–H and O–H groups in total. The van der Waals surface area contributed by atoms with Crippen molar-refractivity contribution in [3.8, 4) is 5.75 Å². The zero-order chi connectivity index (χ0) is 15.8. The lowest BCUT2D eigenvalue weighted by atomic mass is 9.94. The fourth-order valence-electron chi connectivity index (χ4n) is 2.75. The van der Waals surface area contributed by atoms with Gasteiger partial charge in [0.2, 0.25) is 0 Å². The van der Waals surface area contributed by atoms with Crippen molar-refractivity contribution >= 4 is 0 Å². The monoisotopic (exact) mass is 297 g/mol. The van der Waals surface area contributed by atoms with Crippen molar-refractivity contribution in [2.24, 2.45) is 5.73 Å². The summed E-state index contributed by atoms with van der Waals surface area (Å²) in [4.78, 5) is 0. The van der Waals surface area contributed by atoms with Crippen molar-refractivity contribution in [1.29, 1.82) is 0 Å². The molecule has 22 heavy (non-hydrogen) atoms. The summed E-state index contributed by atoms with van der Waals surface area (Å²) < 4.78 is 5.99. The summed E-state index contributed by atoms with van der Waals surface area (Å²) in [5, 5.41) is 0. The minimum absolute atomic E-state index is 0.421. The van der Waals surface area contributed by atoms with Crippen LogP contribution in [-0.2, 0) is 0 Å². The standard InChI is InChI=1S/C20H27NO/c1-16(2)19-12-6-7-13-20(19)22-14-8-11-18(15-21)17-9-4-3-5-10-17/h3-7,9-10,12-13,16,18H,8,11,14-15,21H2,1-2H3. The van der Waals surface area contributed by atoms with Gasteiger partial charge in [-0.1, -0.05) is 62.4 Å². The molecule has 1 unspecified atom stereocenters. The van der Waals surface area contributed by atoms with Gasteiger partial charge in [-0.25, -0.2) is 0 Å². The van der Waals surface area contributed by atoms with Gasteiger partial charge in [0.1, 0.15) is 5.75 Å². The molecule has 2 aromatic rings. The lowest BCUT2D eigenvalue weighted by Gasteiger charge is -2.17. The van der Waals surface area contributed by atoms with Gasteiger partial charge in [-0.05, 0) is 48.4 Å². The Morgan fingerprint density at radius 2 is 1.64 bits per heavy atom. The Hall–Kier alpha value is -1.80. The topological polar surface area (TPSA) is 35.2 Å². The van der Waals surface area contributed by atoms with E-state index in [0.29, 0.717) is 18.4 Å². The summed E-state index contributed by atoms with van der Waals surface area (Å²) in [7, 11) is 0. The quantitative estimate of drug-likeness (QED) is 0.716. The number of benzene rings is 2. The summed E-state index contributed by atoms with van der Waals surface area (Å²) >= 11 is 0. The van der Waals surface area contributed by atoms with Gasteiger partial charge in [-0.3, -0.25) is 0 Å². The number of ether oxygens (including phenoxy) is 1. The van der Waals surface area contributed by atoms with Gasteiger partial charge in [0.05, 0.1) is 6.61 Å². The highest BCUT2D eigenvalue weighted by molar-refractivity contribution is 5.35. The Balaban J connectivity index is 1.84. The second-order valence-corrected chi connectivity index (χ2v) is 6.03. The zero-order valence-corrected chi connectivity index (χ0v) is 13.7. The van der Waals surface area contributed by atoms with Crippen molar-refractivity contribution in [1.82, 2.24) is 0 Å². The predicted octanol–water partition coefficient (Wildman–Crippen LogP) is 4.71. The number of nitrogens with two attached hydrogens (primary N) is 1. The first-order valence-corrected chi connectivity index (χ1v) is 8.19. The zero-order valence-electron chi connectivity index (χ0n) is 13.7. The first-order valence-electron chi connectivity index (χ1n) is 8.19. The van der Waals surface area contributed by atoms with Gasteiger partial charge in [0, 0.05) is 0 Å². The third kappa shape index (κ3) is 4.60. The van der Waals surface area contributed by atoms with Crippen LogP contribution in [0, 0.1) is 0 Å². The third-order valence-electron chi connectivity index (χ3n) is 4.05. The molecule has 0 saturated heterocycles. The SMILES string of the molecule is CC(C)c1ccccc1OCCCC(CN)c1ccccc1. The minimum Gasteiger partial charge on any atom is -0.493 e. The first kappa shape index (κ1) is 16.6. The lowest BCUT2D eigenvalue weighted by Crippen LogP contribution is -2.13. The van der Waals surface area contributed by atoms with Crippen LogP contribution in [-0.4, -0.2) is 13.2 Å². The van der Waals surface area contributed by atoms with E-state index in [2.05, 4.69) is 56.3 Å². The number of para-hydroxylation sites is 1. The average Bonchev–Trinajstić information content (AvgIpc) is 2.56. The molecule has 2 nitrogen and oxygen atoms in total. The highest BCUT2D eigenvalue weighted by atomic mass is 16.5. The molecule has 0 aliphatic rings. The van der Waals surface area contributed by atoms with E-state index in [1.54, 1.807) is 0 Å². The number of rotatable bonds is 8. The maximum atomic E-state index is 5.99. The highest BCUT2D eigenvalue weighted by Crippen LogP contribution is 2.26. The lowest BCUT2D eigenvalue weighted by molar-refractivity contribution is 0.298. The van der Waals surface area contributed by atoms with Crippen LogP contribution in [0.3, 0.4) is 0 Å². The fourth-order valence-corrected chi connectivity index (χ4v) is 2.75. The molecular formula is C20H27NO. The Kier molecular flexibility index (Phi) is 6.47. The van der Waals surface area contributed by atoms with Crippen LogP contribution in [0.4, 0.5) is 0 Å². The molecule has 0 saturated carbocycles. The van der Waals surface area contributed by atoms with Crippen LogP contribution < -0.4 is 10.5 Å². The van der Waals surface area contributed by atoms with Crippen LogP contribution in [0.2, 0.25) is 0 Å². The van der Waals surface area contributed by atoms with Gasteiger partial charge >= 0.3 is 0 Å². The molecule has 0 radical (unpaired) electrons. The summed E-state index contributed by atoms with van der Waals surface area (Å²) in [6, 6.07) is 18.8. The van der Waals surface area contributed by atoms with Gasteiger partial charge in [-0.2, -0.15) is 0 Å². The van der Waals surface area contributed by atoms with Crippen molar-refractivity contribution < 1.29 is 4.74 Å². The minimum atomic E-state index is 0.421. The maximum Gasteiger partial charge on any atom is 0.122 e. The summed E-state index contributed by atoms with van der Waals surface area (Å²) in [5.74, 6) is 1.92. The molecule has 2 rings (SSSR count). The van der Waals surface area contributed by atoms with Gasteiger partial charge in [0.15, 0.2) is 0 Å². The second kappa shape index (κ2) is 8.60. The van der Waals surface area contributed by atoms with E-state index in [1.807, 2.05) is 12.1 Å². The predicted molar refractivity (Wildman–Crippen MR) is 93.5 cm³/mol. The van der Waals surface area contributed by atoms with Crippen molar-refractivity contribution in [2.45, 2.75) is 38.5 Å². The van der Waals surface area contributed by atoms with E-state index in [0.717, 1.165) is 25.2 Å². The molecule has 2 aromatic carbocycles. The smallest absolute Gasteiger partial charge is 0.122 e. The molecule has 1 atom stereocenters. The average molecular weight is 297 g/mol. The van der Waals surface area contributed by atoms with Crippen molar-refractivity contribution in [3.63, 3.8) is 0 Å². The van der Waals surface area contributed by atoms with E-state index in [9.17, 15) is 0 Å². The Labute approximate surface area is 134 Å². The summed E-state index contributed by atoms with van der Waals surface area (Å²) in [6.45, 7) is 5.82. The van der Waals surface area contributed by atoms with Crippen LogP contribution in [0.1, 0.15) is 49.7 Å². The van der Waals surface area contributed by atoms with Crippen LogP contribution in [0.15, 0.2) is 54.6 Å². The van der Waals surface area contributed by atoms with Gasteiger partial charge in [-0.15, -0.1) is 0 Å². The highest BCUT2D eigenvalue weighted by Gasteiger charge is 2.10. The molecule has 0 aliphatic heterocycles. The molecular weight excluding hydrogens is 270 g/mol. The summed E-state index contributed by atoms with van der Waals surface area (Å²) in [6.07, 6.45) is 2.08. The van der Waals surface area contributed by atoms with Crippen LogP contribution >= 0.6 is 0 Å². The van der Waals surface area contributed by atoms with E-state index >= 15 is 0 Å². The molecule has 0 spiro atoms. The molecule has 0 heterocycles. The second-order valence-electron chi connectivity index (χ2n) is 6.03. The Morgan fingerprint density at radius 1 is 0.955 bits per heavy atom. The third-order valence-corrected chi connectivity index (χ3v) is 4.05. The molecule has 118 valence electrons. The van der Waals surface area contributed by atoms with E-state index in [1.165, 1.54) is 11.1 Å².